The van der Waals surface area contributed by atoms with Crippen LogP contribution in [0.4, 0.5) is 11.6 Å². The molecule has 5 heteroatoms. The van der Waals surface area contributed by atoms with Gasteiger partial charge in [-0.05, 0) is 20.3 Å². The van der Waals surface area contributed by atoms with Crippen molar-refractivity contribution in [1.82, 2.24) is 9.97 Å². The number of hydrogen-bond acceptors (Lipinski definition) is 5. The molecule has 0 amide bonds. The molecule has 0 aliphatic heterocycles. The summed E-state index contributed by atoms with van der Waals surface area (Å²) in [6.07, 6.45) is 0.946. The zero-order valence-corrected chi connectivity index (χ0v) is 12.7. The average molecular weight is 266 g/mol. The highest BCUT2D eigenvalue weighted by molar-refractivity contribution is 5.55. The van der Waals surface area contributed by atoms with E-state index in [-0.39, 0.29) is 5.41 Å². The number of rotatable bonds is 6. The van der Waals surface area contributed by atoms with E-state index < -0.39 is 0 Å². The lowest BCUT2D eigenvalue weighted by molar-refractivity contribution is 0.147. The van der Waals surface area contributed by atoms with Crippen molar-refractivity contribution < 1.29 is 4.74 Å². The van der Waals surface area contributed by atoms with Crippen molar-refractivity contribution in [3.63, 3.8) is 0 Å². The lowest BCUT2D eigenvalue weighted by Gasteiger charge is -2.19. The number of hydrogen-bond donors (Lipinski definition) is 2. The summed E-state index contributed by atoms with van der Waals surface area (Å²) in [6.45, 7) is 12.5. The van der Waals surface area contributed by atoms with E-state index in [9.17, 15) is 0 Å². The van der Waals surface area contributed by atoms with Crippen LogP contribution < -0.4 is 11.1 Å². The van der Waals surface area contributed by atoms with Gasteiger partial charge in [-0.1, -0.05) is 20.8 Å². The lowest BCUT2D eigenvalue weighted by atomic mass is 9.95. The summed E-state index contributed by atoms with van der Waals surface area (Å²) in [7, 11) is 0. The number of nitrogen functional groups attached to an aromatic ring is 1. The number of nitrogens with two attached hydrogens (primary N) is 1. The summed E-state index contributed by atoms with van der Waals surface area (Å²) < 4.78 is 5.31. The van der Waals surface area contributed by atoms with Crippen LogP contribution in [0.25, 0.3) is 0 Å². The molecule has 0 aliphatic carbocycles. The van der Waals surface area contributed by atoms with Gasteiger partial charge in [-0.25, -0.2) is 9.97 Å². The van der Waals surface area contributed by atoms with E-state index in [1.807, 2.05) is 13.8 Å². The first-order valence-electron chi connectivity index (χ1n) is 6.82. The molecule has 0 bridgehead atoms. The molecule has 19 heavy (non-hydrogen) atoms. The van der Waals surface area contributed by atoms with Crippen molar-refractivity contribution in [1.29, 1.82) is 0 Å². The standard InChI is InChI=1S/C14H26N4O/c1-6-19-9-7-8-16-12-10(2)11(15)17-13(18-12)14(3,4)5/h6-9H2,1-5H3,(H3,15,16,17,18). The molecular formula is C14H26N4O. The molecule has 0 aromatic carbocycles. The number of ether oxygens (including phenoxy) is 1. The Morgan fingerprint density at radius 3 is 2.53 bits per heavy atom. The van der Waals surface area contributed by atoms with Gasteiger partial charge in [0.2, 0.25) is 0 Å². The van der Waals surface area contributed by atoms with Gasteiger partial charge >= 0.3 is 0 Å². The summed E-state index contributed by atoms with van der Waals surface area (Å²) in [4.78, 5) is 8.94. The number of nitrogens with zero attached hydrogens (tertiary/aromatic N) is 2. The fourth-order valence-corrected chi connectivity index (χ4v) is 1.57. The lowest BCUT2D eigenvalue weighted by Crippen LogP contribution is -2.20. The van der Waals surface area contributed by atoms with E-state index in [1.54, 1.807) is 0 Å². The van der Waals surface area contributed by atoms with Crippen LogP contribution in [0.1, 0.15) is 45.5 Å². The van der Waals surface area contributed by atoms with E-state index in [0.29, 0.717) is 5.82 Å². The van der Waals surface area contributed by atoms with Gasteiger partial charge in [0.15, 0.2) is 0 Å². The Bertz CT molecular complexity index is 413. The van der Waals surface area contributed by atoms with Gasteiger partial charge in [-0.2, -0.15) is 0 Å². The zero-order chi connectivity index (χ0) is 14.5. The first-order chi connectivity index (χ1) is 8.86. The predicted octanol–water partition coefficient (Wildman–Crippen LogP) is 2.50. The number of nitrogens with one attached hydrogen (secondary N) is 1. The van der Waals surface area contributed by atoms with Gasteiger partial charge in [0.25, 0.3) is 0 Å². The molecule has 1 rings (SSSR count). The Morgan fingerprint density at radius 1 is 1.26 bits per heavy atom. The Balaban J connectivity index is 2.74. The van der Waals surface area contributed by atoms with Crippen molar-refractivity contribution in [3.05, 3.63) is 11.4 Å². The highest BCUT2D eigenvalue weighted by Crippen LogP contribution is 2.24. The van der Waals surface area contributed by atoms with E-state index in [0.717, 1.165) is 43.4 Å². The normalized spacial score (nSPS) is 11.6. The van der Waals surface area contributed by atoms with Crippen LogP contribution in [0.2, 0.25) is 0 Å². The first kappa shape index (κ1) is 15.7. The van der Waals surface area contributed by atoms with Crippen molar-refractivity contribution in [3.8, 4) is 0 Å². The molecule has 0 saturated carbocycles. The van der Waals surface area contributed by atoms with Crippen LogP contribution in [-0.4, -0.2) is 29.7 Å². The summed E-state index contributed by atoms with van der Waals surface area (Å²) in [6, 6.07) is 0. The van der Waals surface area contributed by atoms with E-state index in [4.69, 9.17) is 10.5 Å². The smallest absolute Gasteiger partial charge is 0.138 e. The first-order valence-corrected chi connectivity index (χ1v) is 6.82. The zero-order valence-electron chi connectivity index (χ0n) is 12.7. The molecule has 1 aromatic rings. The summed E-state index contributed by atoms with van der Waals surface area (Å²) >= 11 is 0. The third-order valence-corrected chi connectivity index (χ3v) is 2.82. The van der Waals surface area contributed by atoms with E-state index >= 15 is 0 Å². The fraction of sp³-hybridized carbons (Fsp3) is 0.714. The minimum atomic E-state index is -0.108. The molecule has 108 valence electrons. The molecule has 0 spiro atoms. The minimum Gasteiger partial charge on any atom is -0.383 e. The summed E-state index contributed by atoms with van der Waals surface area (Å²) in [5, 5.41) is 3.31. The SMILES string of the molecule is CCOCCCNc1nc(C(C)(C)C)nc(N)c1C. The van der Waals surface area contributed by atoms with Crippen LogP contribution in [-0.2, 0) is 10.2 Å². The fourth-order valence-electron chi connectivity index (χ4n) is 1.57. The van der Waals surface area contributed by atoms with Crippen molar-refractivity contribution in [2.45, 2.75) is 46.5 Å². The van der Waals surface area contributed by atoms with E-state index in [2.05, 4.69) is 36.1 Å². The summed E-state index contributed by atoms with van der Waals surface area (Å²) in [5.41, 5.74) is 6.75. The molecule has 1 aromatic heterocycles. The highest BCUT2D eigenvalue weighted by atomic mass is 16.5. The van der Waals surface area contributed by atoms with Crippen LogP contribution in [0.3, 0.4) is 0 Å². The van der Waals surface area contributed by atoms with Gasteiger partial charge in [-0.15, -0.1) is 0 Å². The van der Waals surface area contributed by atoms with Crippen LogP contribution in [0.5, 0.6) is 0 Å². The van der Waals surface area contributed by atoms with Crippen LogP contribution >= 0.6 is 0 Å². The van der Waals surface area contributed by atoms with Crippen molar-refractivity contribution in [2.75, 3.05) is 30.8 Å². The second kappa shape index (κ2) is 6.70. The Morgan fingerprint density at radius 2 is 1.95 bits per heavy atom. The Labute approximate surface area is 116 Å². The number of aromatic nitrogens is 2. The average Bonchev–Trinajstić information content (AvgIpc) is 2.32. The van der Waals surface area contributed by atoms with Crippen molar-refractivity contribution in [2.24, 2.45) is 0 Å². The molecule has 0 aliphatic rings. The number of anilines is 2. The topological polar surface area (TPSA) is 73.1 Å². The molecule has 1 heterocycles. The molecule has 0 radical (unpaired) electrons. The predicted molar refractivity (Wildman–Crippen MR) is 79.5 cm³/mol. The Kier molecular flexibility index (Phi) is 5.54. The maximum Gasteiger partial charge on any atom is 0.138 e. The molecule has 0 unspecified atom stereocenters. The Hall–Kier alpha value is -1.36. The van der Waals surface area contributed by atoms with E-state index in [1.165, 1.54) is 0 Å². The van der Waals surface area contributed by atoms with Gasteiger partial charge in [-0.3, -0.25) is 0 Å². The molecule has 3 N–H and O–H groups in total. The summed E-state index contributed by atoms with van der Waals surface area (Å²) in [5.74, 6) is 2.14. The van der Waals surface area contributed by atoms with Crippen LogP contribution in [0, 0.1) is 6.92 Å². The monoisotopic (exact) mass is 266 g/mol. The van der Waals surface area contributed by atoms with Gasteiger partial charge in [0, 0.05) is 30.7 Å². The largest absolute Gasteiger partial charge is 0.383 e. The maximum atomic E-state index is 5.95. The molecular weight excluding hydrogens is 240 g/mol. The van der Waals surface area contributed by atoms with Crippen LogP contribution in [0.15, 0.2) is 0 Å². The molecule has 0 saturated heterocycles. The third kappa shape index (κ3) is 4.67. The third-order valence-electron chi connectivity index (χ3n) is 2.82. The highest BCUT2D eigenvalue weighted by Gasteiger charge is 2.20. The van der Waals surface area contributed by atoms with Crippen molar-refractivity contribution >= 4 is 11.6 Å². The second-order valence-electron chi connectivity index (χ2n) is 5.63. The van der Waals surface area contributed by atoms with Gasteiger partial charge in [0.05, 0.1) is 0 Å². The van der Waals surface area contributed by atoms with Gasteiger partial charge in [0.1, 0.15) is 17.5 Å². The maximum absolute atomic E-state index is 5.95. The molecule has 5 nitrogen and oxygen atoms in total. The quantitative estimate of drug-likeness (QED) is 0.774. The van der Waals surface area contributed by atoms with Gasteiger partial charge < -0.3 is 15.8 Å². The molecule has 0 atom stereocenters. The molecule has 0 fully saturated rings. The minimum absolute atomic E-state index is 0.108. The second-order valence-corrected chi connectivity index (χ2v) is 5.63.